The third-order valence-corrected chi connectivity index (χ3v) is 1.45. The van der Waals surface area contributed by atoms with Crippen molar-refractivity contribution in [2.45, 2.75) is 26.0 Å². The lowest BCUT2D eigenvalue weighted by molar-refractivity contribution is -0.0132. The predicted molar refractivity (Wildman–Crippen MR) is 36.7 cm³/mol. The zero-order chi connectivity index (χ0) is 9.14. The van der Waals surface area contributed by atoms with E-state index < -0.39 is 12.5 Å². The number of hydrogen-bond acceptors (Lipinski definition) is 3. The molecule has 0 saturated heterocycles. The topological polar surface area (TPSA) is 50.9 Å². The number of hydrogen-bond donors (Lipinski definition) is 1. The summed E-state index contributed by atoms with van der Waals surface area (Å²) in [4.78, 5) is 3.53. The van der Waals surface area contributed by atoms with E-state index in [9.17, 15) is 8.78 Å². The average molecular weight is 177 g/mol. The molecule has 0 aliphatic rings. The van der Waals surface area contributed by atoms with Crippen LogP contribution in [0.15, 0.2) is 6.33 Å². The van der Waals surface area contributed by atoms with Gasteiger partial charge in [-0.1, -0.05) is 0 Å². The second kappa shape index (κ2) is 3.57. The smallest absolute Gasteiger partial charge is 0.271 e. The van der Waals surface area contributed by atoms with E-state index >= 15 is 0 Å². The van der Waals surface area contributed by atoms with Crippen molar-refractivity contribution in [3.8, 4) is 0 Å². The minimum absolute atomic E-state index is 0.0903. The van der Waals surface area contributed by atoms with Gasteiger partial charge in [-0.2, -0.15) is 5.10 Å². The number of aliphatic hydroxyl groups excluding tert-OH is 1. The van der Waals surface area contributed by atoms with Gasteiger partial charge in [0.15, 0.2) is 11.9 Å². The highest BCUT2D eigenvalue weighted by atomic mass is 19.3. The Morgan fingerprint density at radius 2 is 2.33 bits per heavy atom. The van der Waals surface area contributed by atoms with Crippen molar-refractivity contribution in [3.63, 3.8) is 0 Å². The third-order valence-electron chi connectivity index (χ3n) is 1.45. The number of aliphatic hydroxyl groups is 1. The average Bonchev–Trinajstić information content (AvgIpc) is 2.49. The lowest BCUT2D eigenvalue weighted by Crippen LogP contribution is -2.15. The Hall–Kier alpha value is -1.04. The summed E-state index contributed by atoms with van der Waals surface area (Å²) < 4.78 is 25.2. The minimum atomic E-state index is -2.82. The molecule has 0 bridgehead atoms. The number of nitrogens with zero attached hydrogens (tertiary/aromatic N) is 3. The molecule has 0 aliphatic carbocycles. The maximum atomic E-state index is 12.0. The first-order valence-corrected chi connectivity index (χ1v) is 3.50. The number of halogens is 2. The molecule has 12 heavy (non-hydrogen) atoms. The van der Waals surface area contributed by atoms with Gasteiger partial charge >= 0.3 is 0 Å². The molecule has 0 spiro atoms. The van der Waals surface area contributed by atoms with Crippen molar-refractivity contribution in [2.75, 3.05) is 0 Å². The van der Waals surface area contributed by atoms with Gasteiger partial charge in [0.2, 0.25) is 0 Å². The standard InChI is InChI=1S/C6H9F2N3O/c1-2-11-6(9-3-10-11)4(12)5(7)8/h3-5,12H,2H2,1H3. The molecule has 1 aromatic rings. The zero-order valence-corrected chi connectivity index (χ0v) is 6.48. The maximum Gasteiger partial charge on any atom is 0.271 e. The van der Waals surface area contributed by atoms with E-state index in [1.807, 2.05) is 0 Å². The predicted octanol–water partition coefficient (Wildman–Crippen LogP) is 0.596. The summed E-state index contributed by atoms with van der Waals surface area (Å²) in [7, 11) is 0. The summed E-state index contributed by atoms with van der Waals surface area (Å²) in [5.41, 5.74) is 0. The van der Waals surface area contributed by atoms with Gasteiger partial charge in [0, 0.05) is 6.54 Å². The van der Waals surface area contributed by atoms with Crippen molar-refractivity contribution in [3.05, 3.63) is 12.2 Å². The molecule has 6 heteroatoms. The van der Waals surface area contributed by atoms with E-state index in [-0.39, 0.29) is 5.82 Å². The van der Waals surface area contributed by atoms with Crippen molar-refractivity contribution >= 4 is 0 Å². The van der Waals surface area contributed by atoms with Crippen molar-refractivity contribution in [1.82, 2.24) is 14.8 Å². The van der Waals surface area contributed by atoms with Gasteiger partial charge in [-0.15, -0.1) is 0 Å². The van der Waals surface area contributed by atoms with E-state index in [4.69, 9.17) is 5.11 Å². The van der Waals surface area contributed by atoms with E-state index in [0.717, 1.165) is 6.33 Å². The van der Waals surface area contributed by atoms with Crippen LogP contribution in [-0.2, 0) is 6.54 Å². The second-order valence-corrected chi connectivity index (χ2v) is 2.21. The molecular formula is C6H9F2N3O. The molecule has 1 N–H and O–H groups in total. The monoisotopic (exact) mass is 177 g/mol. The highest BCUT2D eigenvalue weighted by molar-refractivity contribution is 4.91. The van der Waals surface area contributed by atoms with Crippen LogP contribution in [0, 0.1) is 0 Å². The Balaban J connectivity index is 2.86. The van der Waals surface area contributed by atoms with Gasteiger partial charge in [0.1, 0.15) is 6.33 Å². The summed E-state index contributed by atoms with van der Waals surface area (Å²) in [5.74, 6) is -0.0903. The van der Waals surface area contributed by atoms with Crippen LogP contribution in [0.2, 0.25) is 0 Å². The second-order valence-electron chi connectivity index (χ2n) is 2.21. The Morgan fingerprint density at radius 3 is 2.83 bits per heavy atom. The maximum absolute atomic E-state index is 12.0. The fourth-order valence-corrected chi connectivity index (χ4v) is 0.858. The van der Waals surface area contributed by atoms with Gasteiger partial charge in [-0.3, -0.25) is 0 Å². The number of aromatic nitrogens is 3. The molecule has 0 fully saturated rings. The van der Waals surface area contributed by atoms with E-state index in [1.54, 1.807) is 6.92 Å². The fraction of sp³-hybridized carbons (Fsp3) is 0.667. The van der Waals surface area contributed by atoms with Crippen molar-refractivity contribution < 1.29 is 13.9 Å². The van der Waals surface area contributed by atoms with Crippen LogP contribution in [0.1, 0.15) is 18.9 Å². The van der Waals surface area contributed by atoms with E-state index in [2.05, 4.69) is 10.1 Å². The van der Waals surface area contributed by atoms with Crippen LogP contribution < -0.4 is 0 Å². The van der Waals surface area contributed by atoms with Crippen molar-refractivity contribution in [2.24, 2.45) is 0 Å². The Bertz CT molecular complexity index is 251. The largest absolute Gasteiger partial charge is 0.379 e. The van der Waals surface area contributed by atoms with Gasteiger partial charge < -0.3 is 5.11 Å². The number of aryl methyl sites for hydroxylation is 1. The lowest BCUT2D eigenvalue weighted by atomic mass is 10.3. The third kappa shape index (κ3) is 1.58. The van der Waals surface area contributed by atoms with Gasteiger partial charge in [-0.05, 0) is 6.92 Å². The number of alkyl halides is 2. The minimum Gasteiger partial charge on any atom is -0.379 e. The quantitative estimate of drug-likeness (QED) is 0.735. The Kier molecular flexibility index (Phi) is 2.69. The number of rotatable bonds is 3. The van der Waals surface area contributed by atoms with Gasteiger partial charge in [0.05, 0.1) is 0 Å². The van der Waals surface area contributed by atoms with Crippen LogP contribution in [0.25, 0.3) is 0 Å². The molecule has 0 aromatic carbocycles. The van der Waals surface area contributed by atoms with Crippen molar-refractivity contribution in [1.29, 1.82) is 0 Å². The highest BCUT2D eigenvalue weighted by Gasteiger charge is 2.23. The van der Waals surface area contributed by atoms with Crippen LogP contribution in [-0.4, -0.2) is 26.3 Å². The molecule has 1 unspecified atom stereocenters. The highest BCUT2D eigenvalue weighted by Crippen LogP contribution is 2.17. The molecular weight excluding hydrogens is 168 g/mol. The van der Waals surface area contributed by atoms with Gasteiger partial charge in [-0.25, -0.2) is 18.4 Å². The SMILES string of the molecule is CCn1ncnc1C(O)C(F)F. The summed E-state index contributed by atoms with van der Waals surface area (Å²) in [6.45, 7) is 2.15. The molecule has 68 valence electrons. The van der Waals surface area contributed by atoms with Gasteiger partial charge in [0.25, 0.3) is 6.43 Å². The Labute approximate surface area is 67.8 Å². The van der Waals surface area contributed by atoms with Crippen LogP contribution in [0.5, 0.6) is 0 Å². The van der Waals surface area contributed by atoms with E-state index in [1.165, 1.54) is 4.68 Å². The molecule has 1 atom stereocenters. The molecule has 0 saturated carbocycles. The van der Waals surface area contributed by atoms with Crippen LogP contribution in [0.4, 0.5) is 8.78 Å². The zero-order valence-electron chi connectivity index (χ0n) is 6.48. The molecule has 1 rings (SSSR count). The summed E-state index contributed by atoms with van der Waals surface area (Å²) in [6, 6.07) is 0. The fourth-order valence-electron chi connectivity index (χ4n) is 0.858. The van der Waals surface area contributed by atoms with Crippen LogP contribution >= 0.6 is 0 Å². The molecule has 4 nitrogen and oxygen atoms in total. The Morgan fingerprint density at radius 1 is 1.67 bits per heavy atom. The lowest BCUT2D eigenvalue weighted by Gasteiger charge is -2.08. The summed E-state index contributed by atoms with van der Waals surface area (Å²) in [6.07, 6.45) is -3.52. The first-order chi connectivity index (χ1) is 5.66. The summed E-state index contributed by atoms with van der Waals surface area (Å²) in [5, 5.41) is 12.6. The normalized spacial score (nSPS) is 13.8. The molecule has 1 aromatic heterocycles. The molecule has 0 radical (unpaired) electrons. The first kappa shape index (κ1) is 9.05. The molecule has 0 aliphatic heterocycles. The molecule has 0 amide bonds. The molecule has 1 heterocycles. The van der Waals surface area contributed by atoms with Crippen LogP contribution in [0.3, 0.4) is 0 Å². The first-order valence-electron chi connectivity index (χ1n) is 3.50. The van der Waals surface area contributed by atoms with E-state index in [0.29, 0.717) is 6.54 Å². The summed E-state index contributed by atoms with van der Waals surface area (Å²) >= 11 is 0.